The molecule has 0 aliphatic carbocycles. The van der Waals surface area contributed by atoms with Crippen molar-refractivity contribution in [1.29, 1.82) is 0 Å². The van der Waals surface area contributed by atoms with E-state index < -0.39 is 0 Å². The molecule has 96 valence electrons. The smallest absolute Gasteiger partial charge is 0.133 e. The van der Waals surface area contributed by atoms with Gasteiger partial charge in [0, 0.05) is 18.0 Å². The average molecular weight is 300 g/mol. The van der Waals surface area contributed by atoms with Crippen LogP contribution in [0.5, 0.6) is 5.75 Å². The Bertz CT molecular complexity index is 346. The first-order valence-electron chi connectivity index (χ1n) is 6.01. The molecule has 1 aromatic carbocycles. The van der Waals surface area contributed by atoms with Crippen molar-refractivity contribution in [2.75, 3.05) is 13.2 Å². The highest BCUT2D eigenvalue weighted by Crippen LogP contribution is 2.24. The fraction of sp³-hybridized carbons (Fsp3) is 0.571. The van der Waals surface area contributed by atoms with E-state index in [1.54, 1.807) is 0 Å². The van der Waals surface area contributed by atoms with Crippen LogP contribution in [0.15, 0.2) is 28.7 Å². The van der Waals surface area contributed by atoms with Gasteiger partial charge in [0.15, 0.2) is 0 Å². The van der Waals surface area contributed by atoms with Gasteiger partial charge in [-0.25, -0.2) is 0 Å². The average Bonchev–Trinajstić information content (AvgIpc) is 2.24. The summed E-state index contributed by atoms with van der Waals surface area (Å²) in [7, 11) is 0. The maximum atomic E-state index is 5.78. The van der Waals surface area contributed by atoms with E-state index >= 15 is 0 Å². The molecular formula is C14H22BrNO. The Hall–Kier alpha value is -0.540. The molecule has 1 unspecified atom stereocenters. The fourth-order valence-electron chi connectivity index (χ4n) is 1.33. The van der Waals surface area contributed by atoms with Crippen LogP contribution in [0.25, 0.3) is 0 Å². The molecule has 0 saturated heterocycles. The van der Waals surface area contributed by atoms with Crippen molar-refractivity contribution in [3.05, 3.63) is 28.7 Å². The van der Waals surface area contributed by atoms with E-state index in [0.29, 0.717) is 5.92 Å². The summed E-state index contributed by atoms with van der Waals surface area (Å²) in [6.07, 6.45) is 0. The lowest BCUT2D eigenvalue weighted by atomic mass is 10.1. The lowest BCUT2D eigenvalue weighted by Crippen LogP contribution is -2.39. The summed E-state index contributed by atoms with van der Waals surface area (Å²) in [5, 5.41) is 3.48. The van der Waals surface area contributed by atoms with Crippen molar-refractivity contribution >= 4 is 15.9 Å². The summed E-state index contributed by atoms with van der Waals surface area (Å²) >= 11 is 3.48. The molecule has 0 aliphatic rings. The van der Waals surface area contributed by atoms with Crippen LogP contribution in [-0.2, 0) is 0 Å². The van der Waals surface area contributed by atoms with Gasteiger partial charge in [-0.1, -0.05) is 19.1 Å². The zero-order valence-electron chi connectivity index (χ0n) is 11.1. The lowest BCUT2D eigenvalue weighted by Gasteiger charge is -2.23. The van der Waals surface area contributed by atoms with Crippen LogP contribution < -0.4 is 10.1 Å². The largest absolute Gasteiger partial charge is 0.492 e. The SMILES string of the molecule is CC(CNC(C)(C)C)COc1ccccc1Br. The number of hydrogen-bond acceptors (Lipinski definition) is 2. The highest BCUT2D eigenvalue weighted by atomic mass is 79.9. The van der Waals surface area contributed by atoms with Crippen molar-refractivity contribution in [1.82, 2.24) is 5.32 Å². The molecule has 0 amide bonds. The standard InChI is InChI=1S/C14H22BrNO/c1-11(9-16-14(2,3)4)10-17-13-8-6-5-7-12(13)15/h5-8,11,16H,9-10H2,1-4H3. The van der Waals surface area contributed by atoms with Crippen LogP contribution in [0.4, 0.5) is 0 Å². The summed E-state index contributed by atoms with van der Waals surface area (Å²) < 4.78 is 6.79. The van der Waals surface area contributed by atoms with Crippen LogP contribution in [-0.4, -0.2) is 18.7 Å². The lowest BCUT2D eigenvalue weighted by molar-refractivity contribution is 0.243. The monoisotopic (exact) mass is 299 g/mol. The minimum Gasteiger partial charge on any atom is -0.492 e. The Balaban J connectivity index is 2.34. The molecule has 1 atom stereocenters. The minimum atomic E-state index is 0.168. The van der Waals surface area contributed by atoms with Gasteiger partial charge in [0.2, 0.25) is 0 Å². The van der Waals surface area contributed by atoms with Crippen LogP contribution in [0.2, 0.25) is 0 Å². The molecule has 0 aromatic heterocycles. The van der Waals surface area contributed by atoms with Gasteiger partial charge < -0.3 is 10.1 Å². The number of hydrogen-bond donors (Lipinski definition) is 1. The second-order valence-electron chi connectivity index (χ2n) is 5.48. The molecule has 1 rings (SSSR count). The molecule has 0 aliphatic heterocycles. The van der Waals surface area contributed by atoms with Gasteiger partial charge in [0.25, 0.3) is 0 Å². The van der Waals surface area contributed by atoms with E-state index in [9.17, 15) is 0 Å². The van der Waals surface area contributed by atoms with Crippen LogP contribution in [0.1, 0.15) is 27.7 Å². The summed E-state index contributed by atoms with van der Waals surface area (Å²) in [6, 6.07) is 7.95. The molecule has 0 radical (unpaired) electrons. The number of rotatable bonds is 5. The zero-order valence-corrected chi connectivity index (χ0v) is 12.7. The molecule has 0 heterocycles. The Morgan fingerprint density at radius 1 is 1.29 bits per heavy atom. The maximum absolute atomic E-state index is 5.78. The van der Waals surface area contributed by atoms with Crippen molar-refractivity contribution < 1.29 is 4.74 Å². The summed E-state index contributed by atoms with van der Waals surface area (Å²) in [4.78, 5) is 0. The van der Waals surface area contributed by atoms with E-state index in [0.717, 1.165) is 23.4 Å². The normalized spacial score (nSPS) is 13.5. The third kappa shape index (κ3) is 6.08. The van der Waals surface area contributed by atoms with Crippen molar-refractivity contribution in [3.8, 4) is 5.75 Å². The number of halogens is 1. The molecule has 3 heteroatoms. The minimum absolute atomic E-state index is 0.168. The van der Waals surface area contributed by atoms with Gasteiger partial charge in [-0.3, -0.25) is 0 Å². The molecule has 0 spiro atoms. The highest BCUT2D eigenvalue weighted by Gasteiger charge is 2.11. The molecular weight excluding hydrogens is 278 g/mol. The van der Waals surface area contributed by atoms with E-state index in [1.807, 2.05) is 24.3 Å². The second kappa shape index (κ2) is 6.41. The topological polar surface area (TPSA) is 21.3 Å². The highest BCUT2D eigenvalue weighted by molar-refractivity contribution is 9.10. The third-order valence-corrected chi connectivity index (χ3v) is 3.00. The Labute approximate surface area is 113 Å². The first-order valence-corrected chi connectivity index (χ1v) is 6.80. The van der Waals surface area contributed by atoms with Gasteiger partial charge in [0.1, 0.15) is 5.75 Å². The van der Waals surface area contributed by atoms with Gasteiger partial charge in [-0.2, -0.15) is 0 Å². The van der Waals surface area contributed by atoms with E-state index in [2.05, 4.69) is 48.9 Å². The first-order chi connectivity index (χ1) is 7.88. The van der Waals surface area contributed by atoms with Gasteiger partial charge in [-0.15, -0.1) is 0 Å². The molecule has 1 N–H and O–H groups in total. The van der Waals surface area contributed by atoms with Gasteiger partial charge in [0.05, 0.1) is 11.1 Å². The van der Waals surface area contributed by atoms with Gasteiger partial charge >= 0.3 is 0 Å². The van der Waals surface area contributed by atoms with Gasteiger partial charge in [-0.05, 0) is 48.8 Å². The third-order valence-electron chi connectivity index (χ3n) is 2.34. The van der Waals surface area contributed by atoms with Crippen LogP contribution in [0.3, 0.4) is 0 Å². The Morgan fingerprint density at radius 3 is 2.53 bits per heavy atom. The molecule has 0 fully saturated rings. The van der Waals surface area contributed by atoms with E-state index in [1.165, 1.54) is 0 Å². The zero-order chi connectivity index (χ0) is 12.9. The Kier molecular flexibility index (Phi) is 5.47. The fourth-order valence-corrected chi connectivity index (χ4v) is 1.73. The molecule has 0 bridgehead atoms. The van der Waals surface area contributed by atoms with Crippen molar-refractivity contribution in [3.63, 3.8) is 0 Å². The predicted molar refractivity (Wildman–Crippen MR) is 76.6 cm³/mol. The second-order valence-corrected chi connectivity index (χ2v) is 6.33. The summed E-state index contributed by atoms with van der Waals surface area (Å²) in [5.41, 5.74) is 0.168. The quantitative estimate of drug-likeness (QED) is 0.891. The van der Waals surface area contributed by atoms with Crippen LogP contribution in [0, 0.1) is 5.92 Å². The summed E-state index contributed by atoms with van der Waals surface area (Å²) in [5.74, 6) is 1.40. The Morgan fingerprint density at radius 2 is 1.94 bits per heavy atom. The number of ether oxygens (including phenoxy) is 1. The van der Waals surface area contributed by atoms with Crippen molar-refractivity contribution in [2.45, 2.75) is 33.2 Å². The first kappa shape index (κ1) is 14.5. The van der Waals surface area contributed by atoms with E-state index in [-0.39, 0.29) is 5.54 Å². The number of para-hydroxylation sites is 1. The molecule has 0 saturated carbocycles. The molecule has 2 nitrogen and oxygen atoms in total. The van der Waals surface area contributed by atoms with E-state index in [4.69, 9.17) is 4.74 Å². The summed E-state index contributed by atoms with van der Waals surface area (Å²) in [6.45, 7) is 10.4. The van der Waals surface area contributed by atoms with Crippen LogP contribution >= 0.6 is 15.9 Å². The molecule has 17 heavy (non-hydrogen) atoms. The molecule has 1 aromatic rings. The number of nitrogens with one attached hydrogen (secondary N) is 1. The predicted octanol–water partition coefficient (Wildman–Crippen LogP) is 3.85. The maximum Gasteiger partial charge on any atom is 0.133 e. The van der Waals surface area contributed by atoms with Crippen molar-refractivity contribution in [2.24, 2.45) is 5.92 Å². The number of benzene rings is 1.